The van der Waals surface area contributed by atoms with E-state index >= 15 is 0 Å². The summed E-state index contributed by atoms with van der Waals surface area (Å²) in [7, 11) is 0. The molecular formula is C12H26N2. The molecule has 0 aromatic heterocycles. The first kappa shape index (κ1) is 12.0. The topological polar surface area (TPSA) is 15.3 Å². The van der Waals surface area contributed by atoms with Crippen molar-refractivity contribution in [2.45, 2.75) is 52.6 Å². The highest BCUT2D eigenvalue weighted by molar-refractivity contribution is 4.83. The number of piperidine rings is 1. The van der Waals surface area contributed by atoms with Gasteiger partial charge in [0.2, 0.25) is 0 Å². The molecule has 0 saturated carbocycles. The lowest BCUT2D eigenvalue weighted by molar-refractivity contribution is 0.110. The van der Waals surface area contributed by atoms with Crippen LogP contribution in [0.15, 0.2) is 0 Å². The average molecular weight is 198 g/mol. The molecule has 2 heteroatoms. The molecule has 0 aliphatic carbocycles. The molecular weight excluding hydrogens is 172 g/mol. The monoisotopic (exact) mass is 198 g/mol. The van der Waals surface area contributed by atoms with E-state index in [9.17, 15) is 0 Å². The van der Waals surface area contributed by atoms with Gasteiger partial charge in [0.05, 0.1) is 0 Å². The number of likely N-dealkylation sites (tertiary alicyclic amines) is 1. The van der Waals surface area contributed by atoms with E-state index < -0.39 is 0 Å². The zero-order valence-corrected chi connectivity index (χ0v) is 10.2. The standard InChI is InChI=1S/C12H26N2/c1-5-11(4)14-8-10(3)7-12(9-14)13-6-2/h10-13H,5-9H2,1-4H3. The minimum atomic E-state index is 0.720. The van der Waals surface area contributed by atoms with Gasteiger partial charge in [-0.25, -0.2) is 0 Å². The van der Waals surface area contributed by atoms with Crippen LogP contribution in [-0.2, 0) is 0 Å². The first-order valence-corrected chi connectivity index (χ1v) is 6.14. The molecule has 1 fully saturated rings. The van der Waals surface area contributed by atoms with E-state index in [0.29, 0.717) is 0 Å². The zero-order valence-electron chi connectivity index (χ0n) is 10.2. The molecule has 1 saturated heterocycles. The van der Waals surface area contributed by atoms with Crippen molar-refractivity contribution in [3.63, 3.8) is 0 Å². The maximum Gasteiger partial charge on any atom is 0.0198 e. The summed E-state index contributed by atoms with van der Waals surface area (Å²) in [4.78, 5) is 2.64. The fourth-order valence-electron chi connectivity index (χ4n) is 2.45. The van der Waals surface area contributed by atoms with Crippen LogP contribution < -0.4 is 5.32 Å². The lowest BCUT2D eigenvalue weighted by atomic mass is 9.94. The van der Waals surface area contributed by atoms with Crippen LogP contribution in [0.1, 0.15) is 40.5 Å². The van der Waals surface area contributed by atoms with E-state index in [1.807, 2.05) is 0 Å². The van der Waals surface area contributed by atoms with E-state index in [0.717, 1.165) is 24.5 Å². The van der Waals surface area contributed by atoms with Crippen LogP contribution in [0.3, 0.4) is 0 Å². The van der Waals surface area contributed by atoms with Gasteiger partial charge in [0, 0.05) is 25.2 Å². The van der Waals surface area contributed by atoms with Gasteiger partial charge in [0.15, 0.2) is 0 Å². The second-order valence-electron chi connectivity index (χ2n) is 4.81. The summed E-state index contributed by atoms with van der Waals surface area (Å²) in [5.74, 6) is 0.849. The molecule has 1 N–H and O–H groups in total. The highest BCUT2D eigenvalue weighted by Gasteiger charge is 2.26. The fraction of sp³-hybridized carbons (Fsp3) is 1.00. The number of nitrogens with zero attached hydrogens (tertiary/aromatic N) is 1. The van der Waals surface area contributed by atoms with Crippen molar-refractivity contribution in [3.8, 4) is 0 Å². The molecule has 0 aromatic rings. The van der Waals surface area contributed by atoms with Gasteiger partial charge in [-0.2, -0.15) is 0 Å². The van der Waals surface area contributed by atoms with E-state index in [-0.39, 0.29) is 0 Å². The van der Waals surface area contributed by atoms with E-state index in [1.165, 1.54) is 25.9 Å². The summed E-state index contributed by atoms with van der Waals surface area (Å²) in [5, 5.41) is 3.58. The Bertz CT molecular complexity index is 158. The predicted molar refractivity (Wildman–Crippen MR) is 62.6 cm³/mol. The van der Waals surface area contributed by atoms with Gasteiger partial charge in [-0.3, -0.25) is 4.90 Å². The van der Waals surface area contributed by atoms with Crippen molar-refractivity contribution >= 4 is 0 Å². The maximum atomic E-state index is 3.58. The van der Waals surface area contributed by atoms with Crippen molar-refractivity contribution in [1.29, 1.82) is 0 Å². The summed E-state index contributed by atoms with van der Waals surface area (Å²) >= 11 is 0. The molecule has 1 aliphatic rings. The van der Waals surface area contributed by atoms with Crippen LogP contribution in [0, 0.1) is 5.92 Å². The van der Waals surface area contributed by atoms with Crippen LogP contribution in [0.4, 0.5) is 0 Å². The molecule has 1 rings (SSSR count). The van der Waals surface area contributed by atoms with Gasteiger partial charge in [0.1, 0.15) is 0 Å². The summed E-state index contributed by atoms with van der Waals surface area (Å²) in [6.45, 7) is 12.8. The van der Waals surface area contributed by atoms with Crippen LogP contribution in [0.5, 0.6) is 0 Å². The zero-order chi connectivity index (χ0) is 10.6. The molecule has 14 heavy (non-hydrogen) atoms. The number of hydrogen-bond acceptors (Lipinski definition) is 2. The lowest BCUT2D eigenvalue weighted by Gasteiger charge is -2.40. The normalized spacial score (nSPS) is 31.7. The summed E-state index contributed by atoms with van der Waals surface area (Å²) < 4.78 is 0. The van der Waals surface area contributed by atoms with Crippen molar-refractivity contribution in [1.82, 2.24) is 10.2 Å². The van der Waals surface area contributed by atoms with Crippen LogP contribution in [0.2, 0.25) is 0 Å². The lowest BCUT2D eigenvalue weighted by Crippen LogP contribution is -2.51. The van der Waals surface area contributed by atoms with E-state index in [2.05, 4.69) is 37.9 Å². The SMILES string of the molecule is CCNC1CC(C)CN(C(C)CC)C1. The largest absolute Gasteiger partial charge is 0.313 e. The van der Waals surface area contributed by atoms with E-state index in [1.54, 1.807) is 0 Å². The van der Waals surface area contributed by atoms with Crippen LogP contribution in [0.25, 0.3) is 0 Å². The summed E-state index contributed by atoms with van der Waals surface area (Å²) in [6, 6.07) is 1.47. The number of likely N-dealkylation sites (N-methyl/N-ethyl adjacent to an activating group) is 1. The smallest absolute Gasteiger partial charge is 0.0198 e. The highest BCUT2D eigenvalue weighted by atomic mass is 15.2. The number of nitrogens with one attached hydrogen (secondary N) is 1. The summed E-state index contributed by atoms with van der Waals surface area (Å²) in [5.41, 5.74) is 0. The molecule has 0 aromatic carbocycles. The minimum absolute atomic E-state index is 0.720. The molecule has 0 spiro atoms. The maximum absolute atomic E-state index is 3.58. The molecule has 3 unspecified atom stereocenters. The Kier molecular flexibility index (Phi) is 4.90. The molecule has 2 nitrogen and oxygen atoms in total. The van der Waals surface area contributed by atoms with Crippen molar-refractivity contribution in [2.24, 2.45) is 5.92 Å². The fourth-order valence-corrected chi connectivity index (χ4v) is 2.45. The second kappa shape index (κ2) is 5.72. The Balaban J connectivity index is 2.45. The van der Waals surface area contributed by atoms with Crippen molar-refractivity contribution in [3.05, 3.63) is 0 Å². The molecule has 3 atom stereocenters. The third-order valence-corrected chi connectivity index (χ3v) is 3.39. The molecule has 0 bridgehead atoms. The second-order valence-corrected chi connectivity index (χ2v) is 4.81. The Hall–Kier alpha value is -0.0800. The van der Waals surface area contributed by atoms with Gasteiger partial charge < -0.3 is 5.32 Å². The summed E-state index contributed by atoms with van der Waals surface area (Å²) in [6.07, 6.45) is 2.62. The van der Waals surface area contributed by atoms with E-state index in [4.69, 9.17) is 0 Å². The van der Waals surface area contributed by atoms with Crippen molar-refractivity contribution in [2.75, 3.05) is 19.6 Å². The Morgan fingerprint density at radius 2 is 2.07 bits per heavy atom. The minimum Gasteiger partial charge on any atom is -0.313 e. The third kappa shape index (κ3) is 3.25. The predicted octanol–water partition coefficient (Wildman–Crippen LogP) is 2.10. The Morgan fingerprint density at radius 1 is 1.36 bits per heavy atom. The highest BCUT2D eigenvalue weighted by Crippen LogP contribution is 2.19. The third-order valence-electron chi connectivity index (χ3n) is 3.39. The molecule has 1 aliphatic heterocycles. The first-order chi connectivity index (χ1) is 6.67. The number of hydrogen-bond donors (Lipinski definition) is 1. The quantitative estimate of drug-likeness (QED) is 0.744. The molecule has 84 valence electrons. The van der Waals surface area contributed by atoms with Gasteiger partial charge in [-0.15, -0.1) is 0 Å². The van der Waals surface area contributed by atoms with Crippen LogP contribution in [-0.4, -0.2) is 36.6 Å². The number of rotatable bonds is 4. The van der Waals surface area contributed by atoms with Gasteiger partial charge in [0.25, 0.3) is 0 Å². The molecule has 0 amide bonds. The van der Waals surface area contributed by atoms with Gasteiger partial charge >= 0.3 is 0 Å². The van der Waals surface area contributed by atoms with Gasteiger partial charge in [-0.05, 0) is 32.2 Å². The van der Waals surface area contributed by atoms with Crippen molar-refractivity contribution < 1.29 is 0 Å². The Morgan fingerprint density at radius 3 is 2.64 bits per heavy atom. The van der Waals surface area contributed by atoms with Gasteiger partial charge in [-0.1, -0.05) is 20.8 Å². The molecule has 0 radical (unpaired) electrons. The van der Waals surface area contributed by atoms with Crippen LogP contribution >= 0.6 is 0 Å². The first-order valence-electron chi connectivity index (χ1n) is 6.14. The molecule has 1 heterocycles. The average Bonchev–Trinajstić information content (AvgIpc) is 2.16. The Labute approximate surface area is 89.1 Å².